The number of hydrogen-bond acceptors (Lipinski definition) is 8. The Bertz CT molecular complexity index is 857. The minimum atomic E-state index is -3.50. The first-order valence-electron chi connectivity index (χ1n) is 7.36. The second-order valence-corrected chi connectivity index (χ2v) is 9.24. The van der Waals surface area contributed by atoms with Gasteiger partial charge in [-0.15, -0.1) is 16.4 Å². The molecule has 0 saturated carbocycles. The van der Waals surface area contributed by atoms with E-state index in [0.29, 0.717) is 37.2 Å². The van der Waals surface area contributed by atoms with Crippen molar-refractivity contribution in [2.75, 3.05) is 33.3 Å². The topological polar surface area (TPSA) is 97.6 Å². The molecule has 1 fully saturated rings. The zero-order valence-corrected chi connectivity index (χ0v) is 15.7. The lowest BCUT2D eigenvalue weighted by molar-refractivity contribution is 0.0593. The molecule has 9 nitrogen and oxygen atoms in total. The summed E-state index contributed by atoms with van der Waals surface area (Å²) in [6, 6.07) is 3.11. The molecule has 0 unspecified atom stereocenters. The molecule has 3 heterocycles. The van der Waals surface area contributed by atoms with Gasteiger partial charge in [0, 0.05) is 26.2 Å². The van der Waals surface area contributed by atoms with Crippen LogP contribution in [0.25, 0.3) is 0 Å². The first-order chi connectivity index (χ1) is 11.9. The Morgan fingerprint density at radius 1 is 1.32 bits per heavy atom. The fraction of sp³-hybridized carbons (Fsp3) is 0.462. The highest BCUT2D eigenvalue weighted by Gasteiger charge is 2.29. The maximum Gasteiger partial charge on any atom is 0.360 e. The summed E-state index contributed by atoms with van der Waals surface area (Å²) in [7, 11) is -2.22. The summed E-state index contributed by atoms with van der Waals surface area (Å²) in [4.78, 5) is 13.4. The monoisotopic (exact) mass is 405 g/mol. The van der Waals surface area contributed by atoms with E-state index in [-0.39, 0.29) is 9.90 Å². The van der Waals surface area contributed by atoms with Gasteiger partial charge in [0.2, 0.25) is 0 Å². The van der Waals surface area contributed by atoms with Crippen LogP contribution in [0.3, 0.4) is 0 Å². The largest absolute Gasteiger partial charge is 0.464 e. The summed E-state index contributed by atoms with van der Waals surface area (Å²) in [6.07, 6.45) is 1.50. The summed E-state index contributed by atoms with van der Waals surface area (Å²) in [5.41, 5.74) is 0.137. The van der Waals surface area contributed by atoms with Gasteiger partial charge in [-0.1, -0.05) is 16.8 Å². The van der Waals surface area contributed by atoms with Gasteiger partial charge in [0.25, 0.3) is 10.0 Å². The SMILES string of the molecule is COC(=O)c1cn(CN2CCN(S(=O)(=O)c3ccc(Cl)s3)CC2)nn1. The van der Waals surface area contributed by atoms with Crippen molar-refractivity contribution in [2.45, 2.75) is 10.9 Å². The predicted molar refractivity (Wildman–Crippen MR) is 91.0 cm³/mol. The van der Waals surface area contributed by atoms with Crippen molar-refractivity contribution in [3.63, 3.8) is 0 Å². The minimum absolute atomic E-state index is 0.137. The molecule has 1 saturated heterocycles. The number of esters is 1. The van der Waals surface area contributed by atoms with E-state index in [1.165, 1.54) is 28.4 Å². The van der Waals surface area contributed by atoms with Crippen LogP contribution < -0.4 is 0 Å². The Morgan fingerprint density at radius 3 is 2.64 bits per heavy atom. The highest BCUT2D eigenvalue weighted by molar-refractivity contribution is 7.91. The van der Waals surface area contributed by atoms with Crippen LogP contribution in [0, 0.1) is 0 Å². The molecule has 25 heavy (non-hydrogen) atoms. The number of nitrogens with zero attached hydrogens (tertiary/aromatic N) is 5. The number of carbonyl (C=O) groups excluding carboxylic acids is 1. The molecule has 0 spiro atoms. The van der Waals surface area contributed by atoms with Crippen molar-refractivity contribution in [3.8, 4) is 0 Å². The number of halogens is 1. The van der Waals surface area contributed by atoms with E-state index < -0.39 is 16.0 Å². The summed E-state index contributed by atoms with van der Waals surface area (Å²) in [5.74, 6) is -0.545. The lowest BCUT2D eigenvalue weighted by Crippen LogP contribution is -2.48. The number of hydrogen-bond donors (Lipinski definition) is 0. The number of rotatable bonds is 5. The zero-order chi connectivity index (χ0) is 18.0. The van der Waals surface area contributed by atoms with E-state index >= 15 is 0 Å². The van der Waals surface area contributed by atoms with Gasteiger partial charge < -0.3 is 4.74 Å². The quantitative estimate of drug-likeness (QED) is 0.677. The van der Waals surface area contributed by atoms with E-state index in [4.69, 9.17) is 11.6 Å². The Kier molecular flexibility index (Phi) is 5.39. The molecule has 1 aliphatic heterocycles. The Morgan fingerprint density at radius 2 is 2.04 bits per heavy atom. The normalized spacial score (nSPS) is 16.9. The second kappa shape index (κ2) is 7.38. The third-order valence-electron chi connectivity index (χ3n) is 3.75. The number of aromatic nitrogens is 3. The molecule has 136 valence electrons. The molecule has 0 aromatic carbocycles. The maximum atomic E-state index is 12.6. The van der Waals surface area contributed by atoms with Crippen LogP contribution in [0.2, 0.25) is 4.34 Å². The van der Waals surface area contributed by atoms with E-state index in [1.807, 2.05) is 4.90 Å². The molecule has 0 aliphatic carbocycles. The van der Waals surface area contributed by atoms with Gasteiger partial charge in [0.05, 0.1) is 24.3 Å². The van der Waals surface area contributed by atoms with Gasteiger partial charge in [-0.2, -0.15) is 4.31 Å². The summed E-state index contributed by atoms with van der Waals surface area (Å²) < 4.78 is 33.4. The highest BCUT2D eigenvalue weighted by atomic mass is 35.5. The second-order valence-electron chi connectivity index (χ2n) is 5.36. The van der Waals surface area contributed by atoms with Gasteiger partial charge in [0.15, 0.2) is 5.69 Å². The third kappa shape index (κ3) is 4.01. The van der Waals surface area contributed by atoms with E-state index in [2.05, 4.69) is 15.0 Å². The molecule has 0 bridgehead atoms. The van der Waals surface area contributed by atoms with Crippen LogP contribution in [-0.2, 0) is 21.4 Å². The average Bonchev–Trinajstić information content (AvgIpc) is 3.24. The molecule has 0 N–H and O–H groups in total. The number of thiophene rings is 1. The molecule has 0 atom stereocenters. The number of sulfonamides is 1. The van der Waals surface area contributed by atoms with Gasteiger partial charge in [-0.05, 0) is 12.1 Å². The van der Waals surface area contributed by atoms with Crippen LogP contribution in [0.1, 0.15) is 10.5 Å². The van der Waals surface area contributed by atoms with Gasteiger partial charge >= 0.3 is 5.97 Å². The molecule has 2 aromatic heterocycles. The Labute approximate surface area is 153 Å². The molecule has 2 aromatic rings. The van der Waals surface area contributed by atoms with Crippen molar-refractivity contribution in [1.29, 1.82) is 0 Å². The fourth-order valence-electron chi connectivity index (χ4n) is 2.45. The van der Waals surface area contributed by atoms with Crippen molar-refractivity contribution in [1.82, 2.24) is 24.2 Å². The summed E-state index contributed by atoms with van der Waals surface area (Å²) in [6.45, 7) is 2.26. The highest BCUT2D eigenvalue weighted by Crippen LogP contribution is 2.28. The Balaban J connectivity index is 1.58. The molecule has 3 rings (SSSR count). The van der Waals surface area contributed by atoms with Crippen LogP contribution in [0.5, 0.6) is 0 Å². The Hall–Kier alpha value is -1.53. The summed E-state index contributed by atoms with van der Waals surface area (Å²) in [5, 5.41) is 7.62. The number of methoxy groups -OCH3 is 1. The van der Waals surface area contributed by atoms with E-state index in [1.54, 1.807) is 6.07 Å². The summed E-state index contributed by atoms with van der Waals surface area (Å²) >= 11 is 6.89. The molecule has 0 amide bonds. The molecule has 12 heteroatoms. The van der Waals surface area contributed by atoms with Crippen LogP contribution in [-0.4, -0.2) is 71.9 Å². The first-order valence-corrected chi connectivity index (χ1v) is 10.00. The third-order valence-corrected chi connectivity index (χ3v) is 7.35. The number of piperazine rings is 1. The zero-order valence-electron chi connectivity index (χ0n) is 13.3. The van der Waals surface area contributed by atoms with E-state index in [9.17, 15) is 13.2 Å². The predicted octanol–water partition coefficient (Wildman–Crippen LogP) is 0.744. The van der Waals surface area contributed by atoms with E-state index in [0.717, 1.165) is 11.3 Å². The lowest BCUT2D eigenvalue weighted by atomic mass is 10.4. The van der Waals surface area contributed by atoms with Crippen molar-refractivity contribution in [2.24, 2.45) is 0 Å². The maximum absolute atomic E-state index is 12.6. The van der Waals surface area contributed by atoms with Gasteiger partial charge in [-0.3, -0.25) is 4.90 Å². The standard InChI is InChI=1S/C13H16ClN5O4S2/c1-23-13(20)10-8-18(16-15-10)9-17-4-6-19(7-5-17)25(21,22)12-3-2-11(14)24-12/h2-3,8H,4-7,9H2,1H3. The van der Waals surface area contributed by atoms with Crippen molar-refractivity contribution < 1.29 is 17.9 Å². The van der Waals surface area contributed by atoms with Crippen LogP contribution in [0.4, 0.5) is 0 Å². The fourth-order valence-corrected chi connectivity index (χ4v) is 5.50. The van der Waals surface area contributed by atoms with Gasteiger partial charge in [-0.25, -0.2) is 17.9 Å². The lowest BCUT2D eigenvalue weighted by Gasteiger charge is -2.33. The molecular formula is C13H16ClN5O4S2. The minimum Gasteiger partial charge on any atom is -0.464 e. The number of ether oxygens (including phenoxy) is 1. The smallest absolute Gasteiger partial charge is 0.360 e. The van der Waals surface area contributed by atoms with Crippen LogP contribution in [0.15, 0.2) is 22.5 Å². The number of carbonyl (C=O) groups is 1. The average molecular weight is 406 g/mol. The molecular weight excluding hydrogens is 390 g/mol. The van der Waals surface area contributed by atoms with Crippen molar-refractivity contribution >= 4 is 38.9 Å². The first kappa shape index (κ1) is 18.3. The van der Waals surface area contributed by atoms with Crippen molar-refractivity contribution in [3.05, 3.63) is 28.4 Å². The molecule has 1 aliphatic rings. The van der Waals surface area contributed by atoms with Gasteiger partial charge in [0.1, 0.15) is 4.21 Å². The molecule has 0 radical (unpaired) electrons. The van der Waals surface area contributed by atoms with Crippen LogP contribution >= 0.6 is 22.9 Å².